The zero-order valence-corrected chi connectivity index (χ0v) is 13.1. The van der Waals surface area contributed by atoms with Crippen LogP contribution in [-0.2, 0) is 15.0 Å². The van der Waals surface area contributed by atoms with Crippen LogP contribution in [0.25, 0.3) is 0 Å². The van der Waals surface area contributed by atoms with E-state index in [-0.39, 0.29) is 11.8 Å². The SMILES string of the molecule is O=C1CCC(CC2CCCCCC2)(c2ccccc2)C(=O)N1. The lowest BCUT2D eigenvalue weighted by atomic mass is 9.67. The summed E-state index contributed by atoms with van der Waals surface area (Å²) >= 11 is 0. The Balaban J connectivity index is 1.89. The first-order chi connectivity index (χ1) is 10.7. The van der Waals surface area contributed by atoms with E-state index in [1.165, 1.54) is 38.5 Å². The smallest absolute Gasteiger partial charge is 0.237 e. The predicted molar refractivity (Wildman–Crippen MR) is 86.3 cm³/mol. The third-order valence-corrected chi connectivity index (χ3v) is 5.40. The molecule has 2 amide bonds. The maximum absolute atomic E-state index is 12.8. The molecule has 0 spiro atoms. The standard InChI is InChI=1S/C19H25NO2/c21-17-12-13-19(18(22)20-17,16-10-6-3-7-11-16)14-15-8-4-1-2-5-9-15/h3,6-7,10-11,15H,1-2,4-5,8-9,12-14H2,(H,20,21,22). The quantitative estimate of drug-likeness (QED) is 0.683. The summed E-state index contributed by atoms with van der Waals surface area (Å²) in [6, 6.07) is 10.1. The molecule has 2 fully saturated rings. The summed E-state index contributed by atoms with van der Waals surface area (Å²) in [4.78, 5) is 24.4. The number of benzene rings is 1. The van der Waals surface area contributed by atoms with Crippen LogP contribution in [0, 0.1) is 5.92 Å². The molecule has 3 heteroatoms. The van der Waals surface area contributed by atoms with E-state index >= 15 is 0 Å². The first-order valence-electron chi connectivity index (χ1n) is 8.60. The minimum atomic E-state index is -0.510. The van der Waals surface area contributed by atoms with Crippen molar-refractivity contribution < 1.29 is 9.59 Å². The Morgan fingerprint density at radius 1 is 1.00 bits per heavy atom. The van der Waals surface area contributed by atoms with Gasteiger partial charge < -0.3 is 0 Å². The molecule has 3 nitrogen and oxygen atoms in total. The molecule has 2 aliphatic rings. The molecular weight excluding hydrogens is 274 g/mol. The molecule has 1 saturated carbocycles. The van der Waals surface area contributed by atoms with Crippen LogP contribution in [0.15, 0.2) is 30.3 Å². The van der Waals surface area contributed by atoms with Crippen molar-refractivity contribution in [3.05, 3.63) is 35.9 Å². The zero-order chi connectivity index (χ0) is 15.4. The molecule has 1 aliphatic heterocycles. The summed E-state index contributed by atoms with van der Waals surface area (Å²) in [5.74, 6) is 0.387. The summed E-state index contributed by atoms with van der Waals surface area (Å²) < 4.78 is 0. The van der Waals surface area contributed by atoms with E-state index in [4.69, 9.17) is 0 Å². The molecular formula is C19H25NO2. The molecule has 0 aromatic heterocycles. The Labute approximate surface area is 132 Å². The van der Waals surface area contributed by atoms with Crippen molar-refractivity contribution in [3.63, 3.8) is 0 Å². The van der Waals surface area contributed by atoms with Crippen LogP contribution in [0.4, 0.5) is 0 Å². The fourth-order valence-corrected chi connectivity index (χ4v) is 4.16. The number of carbonyl (C=O) groups excluding carboxylic acids is 2. The van der Waals surface area contributed by atoms with Crippen molar-refractivity contribution in [1.29, 1.82) is 0 Å². The average molecular weight is 299 g/mol. The van der Waals surface area contributed by atoms with Gasteiger partial charge in [0.2, 0.25) is 11.8 Å². The summed E-state index contributed by atoms with van der Waals surface area (Å²) in [7, 11) is 0. The van der Waals surface area contributed by atoms with Gasteiger partial charge in [-0.05, 0) is 24.3 Å². The molecule has 1 aromatic carbocycles. The van der Waals surface area contributed by atoms with E-state index < -0.39 is 5.41 Å². The molecule has 0 radical (unpaired) electrons. The van der Waals surface area contributed by atoms with Gasteiger partial charge in [0.25, 0.3) is 0 Å². The van der Waals surface area contributed by atoms with Gasteiger partial charge >= 0.3 is 0 Å². The van der Waals surface area contributed by atoms with Gasteiger partial charge in [-0.3, -0.25) is 14.9 Å². The number of piperidine rings is 1. The molecule has 1 N–H and O–H groups in total. The van der Waals surface area contributed by atoms with Crippen LogP contribution in [0.5, 0.6) is 0 Å². The van der Waals surface area contributed by atoms with Crippen LogP contribution >= 0.6 is 0 Å². The van der Waals surface area contributed by atoms with Crippen LogP contribution in [-0.4, -0.2) is 11.8 Å². The minimum Gasteiger partial charge on any atom is -0.296 e. The topological polar surface area (TPSA) is 46.2 Å². The second kappa shape index (κ2) is 6.64. The van der Waals surface area contributed by atoms with Crippen LogP contribution < -0.4 is 5.32 Å². The normalized spacial score (nSPS) is 27.3. The zero-order valence-electron chi connectivity index (χ0n) is 13.1. The first kappa shape index (κ1) is 15.3. The molecule has 1 aliphatic carbocycles. The Kier molecular flexibility index (Phi) is 4.60. The molecule has 1 aromatic rings. The highest BCUT2D eigenvalue weighted by molar-refractivity contribution is 6.03. The second-order valence-corrected chi connectivity index (χ2v) is 6.89. The molecule has 1 saturated heterocycles. The Morgan fingerprint density at radius 3 is 2.32 bits per heavy atom. The van der Waals surface area contributed by atoms with Gasteiger partial charge in [0.1, 0.15) is 0 Å². The first-order valence-corrected chi connectivity index (χ1v) is 8.60. The highest BCUT2D eigenvalue weighted by Gasteiger charge is 2.45. The Hall–Kier alpha value is -1.64. The molecule has 1 unspecified atom stereocenters. The third kappa shape index (κ3) is 3.08. The van der Waals surface area contributed by atoms with Gasteiger partial charge in [-0.2, -0.15) is 0 Å². The van der Waals surface area contributed by atoms with E-state index in [0.717, 1.165) is 12.0 Å². The third-order valence-electron chi connectivity index (χ3n) is 5.40. The molecule has 0 bridgehead atoms. The van der Waals surface area contributed by atoms with Crippen molar-refractivity contribution in [3.8, 4) is 0 Å². The molecule has 118 valence electrons. The van der Waals surface area contributed by atoms with Gasteiger partial charge in [0, 0.05) is 6.42 Å². The largest absolute Gasteiger partial charge is 0.296 e. The van der Waals surface area contributed by atoms with Crippen molar-refractivity contribution in [2.24, 2.45) is 5.92 Å². The summed E-state index contributed by atoms with van der Waals surface area (Å²) in [6.45, 7) is 0. The van der Waals surface area contributed by atoms with Crippen molar-refractivity contribution >= 4 is 11.8 Å². The van der Waals surface area contributed by atoms with Gasteiger partial charge in [-0.1, -0.05) is 68.9 Å². The summed E-state index contributed by atoms with van der Waals surface area (Å²) in [5.41, 5.74) is 0.564. The Morgan fingerprint density at radius 2 is 1.68 bits per heavy atom. The molecule has 22 heavy (non-hydrogen) atoms. The molecule has 1 atom stereocenters. The van der Waals surface area contributed by atoms with Crippen LogP contribution in [0.2, 0.25) is 0 Å². The maximum atomic E-state index is 12.8. The maximum Gasteiger partial charge on any atom is 0.237 e. The number of rotatable bonds is 3. The number of amides is 2. The number of nitrogens with one attached hydrogen (secondary N) is 1. The van der Waals surface area contributed by atoms with Gasteiger partial charge in [0.15, 0.2) is 0 Å². The van der Waals surface area contributed by atoms with Gasteiger partial charge in [-0.25, -0.2) is 0 Å². The number of hydrogen-bond donors (Lipinski definition) is 1. The van der Waals surface area contributed by atoms with Crippen molar-refractivity contribution in [2.45, 2.75) is 63.2 Å². The Bertz CT molecular complexity index is 532. The monoisotopic (exact) mass is 299 g/mol. The average Bonchev–Trinajstić information content (AvgIpc) is 2.80. The highest BCUT2D eigenvalue weighted by Crippen LogP contribution is 2.41. The van der Waals surface area contributed by atoms with Crippen molar-refractivity contribution in [1.82, 2.24) is 5.32 Å². The van der Waals surface area contributed by atoms with E-state index in [0.29, 0.717) is 18.8 Å². The van der Waals surface area contributed by atoms with E-state index in [1.54, 1.807) is 0 Å². The van der Waals surface area contributed by atoms with Crippen LogP contribution in [0.1, 0.15) is 63.4 Å². The van der Waals surface area contributed by atoms with Crippen molar-refractivity contribution in [2.75, 3.05) is 0 Å². The molecule has 1 heterocycles. The molecule has 3 rings (SSSR count). The van der Waals surface area contributed by atoms with Gasteiger partial charge in [0.05, 0.1) is 5.41 Å². The number of imide groups is 1. The predicted octanol–water partition coefficient (Wildman–Crippen LogP) is 3.72. The highest BCUT2D eigenvalue weighted by atomic mass is 16.2. The van der Waals surface area contributed by atoms with E-state index in [1.807, 2.05) is 30.3 Å². The second-order valence-electron chi connectivity index (χ2n) is 6.89. The lowest BCUT2D eigenvalue weighted by Gasteiger charge is -2.38. The summed E-state index contributed by atoms with van der Waals surface area (Å²) in [5, 5.41) is 2.60. The van der Waals surface area contributed by atoms with Gasteiger partial charge in [-0.15, -0.1) is 0 Å². The van der Waals surface area contributed by atoms with Crippen LogP contribution in [0.3, 0.4) is 0 Å². The number of hydrogen-bond acceptors (Lipinski definition) is 2. The lowest BCUT2D eigenvalue weighted by molar-refractivity contribution is -0.138. The van der Waals surface area contributed by atoms with E-state index in [2.05, 4.69) is 5.32 Å². The fourth-order valence-electron chi connectivity index (χ4n) is 4.16. The summed E-state index contributed by atoms with van der Waals surface area (Å²) in [6.07, 6.45) is 9.61. The minimum absolute atomic E-state index is 0.0841. The number of carbonyl (C=O) groups is 2. The fraction of sp³-hybridized carbons (Fsp3) is 0.579. The van der Waals surface area contributed by atoms with E-state index in [9.17, 15) is 9.59 Å². The lowest BCUT2D eigenvalue weighted by Crippen LogP contribution is -2.52.